The summed E-state index contributed by atoms with van der Waals surface area (Å²) < 4.78 is 2.93. The summed E-state index contributed by atoms with van der Waals surface area (Å²) in [7, 11) is 0. The highest BCUT2D eigenvalue weighted by Crippen LogP contribution is 2.67. The van der Waals surface area contributed by atoms with Crippen LogP contribution in [0.4, 0.5) is 0 Å². The molecule has 0 fully saturated rings. The van der Waals surface area contributed by atoms with Crippen LogP contribution in [0.3, 0.4) is 0 Å². The topological polar surface area (TPSA) is 12.0 Å². The molecule has 0 aliphatic rings. The maximum Gasteiger partial charge on any atom is 0.0109 e. The van der Waals surface area contributed by atoms with Gasteiger partial charge in [0.2, 0.25) is 0 Å². The third-order valence-corrected chi connectivity index (χ3v) is 4.13. The van der Waals surface area contributed by atoms with Crippen LogP contribution < -0.4 is 4.72 Å². The standard InChI is InChI=1S/C4H10I3NS/c1-2-3-4-8-9(5,6)7/h8H,2-4H2,1H3. The lowest BCUT2D eigenvalue weighted by Crippen LogP contribution is -2.08. The Morgan fingerprint density at radius 1 is 1.33 bits per heavy atom. The first-order valence-corrected chi connectivity index (χ1v) is 12.0. The number of hydrogen-bond acceptors (Lipinski definition) is 1. The molecule has 0 saturated carbocycles. The number of nitrogens with one attached hydrogen (secondary N) is 1. The zero-order valence-corrected chi connectivity index (χ0v) is 12.5. The van der Waals surface area contributed by atoms with E-state index in [0.717, 1.165) is 0 Å². The van der Waals surface area contributed by atoms with E-state index in [4.69, 9.17) is 0 Å². The fourth-order valence-corrected chi connectivity index (χ4v) is 2.72. The molecule has 0 aromatic carbocycles. The Morgan fingerprint density at radius 2 is 1.89 bits per heavy atom. The van der Waals surface area contributed by atoms with Gasteiger partial charge in [-0.3, -0.25) is 4.72 Å². The maximum absolute atomic E-state index is 3.47. The van der Waals surface area contributed by atoms with Crippen LogP contribution >= 0.6 is 65.3 Å². The molecule has 0 bridgehead atoms. The fraction of sp³-hybridized carbons (Fsp3) is 1.00. The molecule has 0 heterocycles. The van der Waals surface area contributed by atoms with Crippen molar-refractivity contribution >= 4 is 65.3 Å². The van der Waals surface area contributed by atoms with Gasteiger partial charge >= 0.3 is 0 Å². The summed E-state index contributed by atoms with van der Waals surface area (Å²) in [5.74, 6) is 0. The minimum atomic E-state index is -0.536. The van der Waals surface area contributed by atoms with E-state index in [1.54, 1.807) is 0 Å². The molecule has 0 rings (SSSR count). The van der Waals surface area contributed by atoms with Gasteiger partial charge in [-0.1, -0.05) is 13.3 Å². The summed E-state index contributed by atoms with van der Waals surface area (Å²) in [5, 5.41) is 0. The molecule has 9 heavy (non-hydrogen) atoms. The molecule has 1 nitrogen and oxygen atoms in total. The maximum atomic E-state index is 3.47. The Morgan fingerprint density at radius 3 is 2.22 bits per heavy atom. The Kier molecular flexibility index (Phi) is 7.75. The summed E-state index contributed by atoms with van der Waals surface area (Å²) in [5.41, 5.74) is 0. The van der Waals surface area contributed by atoms with Crippen molar-refractivity contribution < 1.29 is 0 Å². The summed E-state index contributed by atoms with van der Waals surface area (Å²) in [6.45, 7) is 3.38. The number of halogens is 3. The molecule has 0 aromatic heterocycles. The van der Waals surface area contributed by atoms with Gasteiger partial charge in [0.05, 0.1) is 0 Å². The van der Waals surface area contributed by atoms with Gasteiger partial charge in [0.25, 0.3) is 0 Å². The van der Waals surface area contributed by atoms with E-state index in [-0.39, 0.29) is 0 Å². The van der Waals surface area contributed by atoms with Gasteiger partial charge in [-0.15, -0.1) is 0 Å². The van der Waals surface area contributed by atoms with Crippen LogP contribution in [0.5, 0.6) is 0 Å². The lowest BCUT2D eigenvalue weighted by atomic mass is 10.3. The molecule has 0 spiro atoms. The molecule has 0 unspecified atom stereocenters. The van der Waals surface area contributed by atoms with Crippen molar-refractivity contribution in [2.24, 2.45) is 0 Å². The molecule has 0 radical (unpaired) electrons. The van der Waals surface area contributed by atoms with E-state index in [1.165, 1.54) is 19.4 Å². The number of rotatable bonds is 4. The molecule has 0 aliphatic heterocycles. The highest BCUT2D eigenvalue weighted by molar-refractivity contribution is 14.5. The molecule has 0 aromatic rings. The smallest absolute Gasteiger partial charge is 0.0109 e. The Balaban J connectivity index is 3.07. The van der Waals surface area contributed by atoms with E-state index in [1.807, 2.05) is 0 Å². The molecule has 58 valence electrons. The molecule has 0 saturated heterocycles. The first kappa shape index (κ1) is 11.5. The average molecular weight is 485 g/mol. The quantitative estimate of drug-likeness (QED) is 0.467. The van der Waals surface area contributed by atoms with Gasteiger partial charge < -0.3 is 0 Å². The van der Waals surface area contributed by atoms with Crippen molar-refractivity contribution in [3.63, 3.8) is 0 Å². The predicted octanol–water partition coefficient (Wildman–Crippen LogP) is 4.15. The highest BCUT2D eigenvalue weighted by Gasteiger charge is 2.07. The van der Waals surface area contributed by atoms with E-state index in [9.17, 15) is 0 Å². The molecular weight excluding hydrogens is 475 g/mol. The normalized spacial score (nSPS) is 13.8. The van der Waals surface area contributed by atoms with Crippen molar-refractivity contribution in [2.75, 3.05) is 6.54 Å². The predicted molar refractivity (Wildman–Crippen MR) is 72.6 cm³/mol. The van der Waals surface area contributed by atoms with E-state index < -0.39 is 1.73 Å². The molecule has 0 aliphatic carbocycles. The number of hydrogen-bond donors (Lipinski definition) is 1. The SMILES string of the molecule is CCCCNS(I)(I)I. The summed E-state index contributed by atoms with van der Waals surface area (Å²) in [6.07, 6.45) is 2.58. The van der Waals surface area contributed by atoms with Crippen LogP contribution in [0.2, 0.25) is 0 Å². The largest absolute Gasteiger partial charge is 0.257 e. The second-order valence-corrected chi connectivity index (χ2v) is 29.8. The number of unbranched alkanes of at least 4 members (excludes halogenated alkanes) is 1. The van der Waals surface area contributed by atoms with Crippen molar-refractivity contribution in [2.45, 2.75) is 19.8 Å². The summed E-state index contributed by atoms with van der Waals surface area (Å²) >= 11 is 7.39. The summed E-state index contributed by atoms with van der Waals surface area (Å²) in [6, 6.07) is 0. The van der Waals surface area contributed by atoms with Gasteiger partial charge in [0.1, 0.15) is 0 Å². The van der Waals surface area contributed by atoms with Crippen LogP contribution in [-0.4, -0.2) is 6.54 Å². The summed E-state index contributed by atoms with van der Waals surface area (Å²) in [4.78, 5) is 0. The Hall–Kier alpha value is 2.50. The van der Waals surface area contributed by atoms with Crippen molar-refractivity contribution in [1.29, 1.82) is 0 Å². The first-order chi connectivity index (χ1) is 4.06. The van der Waals surface area contributed by atoms with Crippen LogP contribution in [-0.2, 0) is 0 Å². The minimum Gasteiger partial charge on any atom is -0.257 e. The van der Waals surface area contributed by atoms with E-state index in [0.29, 0.717) is 0 Å². The van der Waals surface area contributed by atoms with Crippen molar-refractivity contribution in [3.8, 4) is 0 Å². The zero-order chi connectivity index (χ0) is 7.33. The van der Waals surface area contributed by atoms with Gasteiger partial charge in [-0.05, 0) is 8.15 Å². The second-order valence-electron chi connectivity index (χ2n) is 1.65. The molecule has 0 amide bonds. The highest BCUT2D eigenvalue weighted by atomic mass is 127. The van der Waals surface area contributed by atoms with Crippen LogP contribution in [0.1, 0.15) is 19.8 Å². The van der Waals surface area contributed by atoms with Crippen molar-refractivity contribution in [1.82, 2.24) is 4.72 Å². The van der Waals surface area contributed by atoms with Gasteiger partial charge in [0, 0.05) is 70.2 Å². The molecule has 5 heteroatoms. The molecular formula is C4H10I3NS. The Labute approximate surface area is 94.7 Å². The monoisotopic (exact) mass is 485 g/mol. The van der Waals surface area contributed by atoms with Crippen LogP contribution in [0, 0.1) is 0 Å². The van der Waals surface area contributed by atoms with Crippen LogP contribution in [0.15, 0.2) is 0 Å². The zero-order valence-electron chi connectivity index (χ0n) is 5.16. The Bertz CT molecular complexity index is 72.7. The second kappa shape index (κ2) is 6.06. The molecule has 1 N–H and O–H groups in total. The molecule has 0 atom stereocenters. The average Bonchev–Trinajstić information content (AvgIpc) is 1.63. The third-order valence-electron chi connectivity index (χ3n) is 0.796. The van der Waals surface area contributed by atoms with E-state index in [2.05, 4.69) is 75.3 Å². The van der Waals surface area contributed by atoms with Gasteiger partial charge in [-0.25, -0.2) is 0 Å². The van der Waals surface area contributed by atoms with Gasteiger partial charge in [0.15, 0.2) is 0 Å². The minimum absolute atomic E-state index is 0.536. The fourth-order valence-electron chi connectivity index (χ4n) is 0.365. The first-order valence-electron chi connectivity index (χ1n) is 2.73. The lowest BCUT2D eigenvalue weighted by molar-refractivity contribution is 0.778. The third kappa shape index (κ3) is 10.5. The van der Waals surface area contributed by atoms with E-state index >= 15 is 0 Å². The van der Waals surface area contributed by atoms with Gasteiger partial charge in [-0.2, -0.15) is 0 Å². The lowest BCUT2D eigenvalue weighted by Gasteiger charge is -2.18. The van der Waals surface area contributed by atoms with Crippen molar-refractivity contribution in [3.05, 3.63) is 0 Å². The van der Waals surface area contributed by atoms with Crippen LogP contribution in [0.25, 0.3) is 0 Å².